The molecule has 0 amide bonds. The fraction of sp³-hybridized carbons (Fsp3) is 0.237. The number of para-hydroxylation sites is 2. The molecule has 0 N–H and O–H groups in total. The van der Waals surface area contributed by atoms with Gasteiger partial charge >= 0.3 is 0 Å². The predicted molar refractivity (Wildman–Crippen MR) is 333 cm³/mol. The molecule has 2 aliphatic carbocycles. The first-order chi connectivity index (χ1) is 37.9. The van der Waals surface area contributed by atoms with E-state index in [1.54, 1.807) is 0 Å². The fourth-order valence-corrected chi connectivity index (χ4v) is 16.3. The molecule has 15 rings (SSSR count). The van der Waals surface area contributed by atoms with Crippen molar-refractivity contribution in [1.29, 1.82) is 0 Å². The van der Waals surface area contributed by atoms with E-state index in [4.69, 9.17) is 0 Å². The number of fused-ring (bicyclic) bond motifs is 10. The van der Waals surface area contributed by atoms with Gasteiger partial charge in [0.2, 0.25) is 0 Å². The smallest absolute Gasteiger partial charge is 0.0543 e. The Labute approximate surface area is 461 Å². The number of rotatable bonds is 6. The minimum Gasteiger partial charge on any atom is -0.334 e. The van der Waals surface area contributed by atoms with Gasteiger partial charge in [0.15, 0.2) is 0 Å². The first kappa shape index (κ1) is 47.3. The molecule has 2 aliphatic heterocycles. The largest absolute Gasteiger partial charge is 0.334 e. The number of nitrogens with zero attached hydrogens (tertiary/aromatic N) is 2. The molecule has 2 fully saturated rings. The Morgan fingerprint density at radius 2 is 0.705 bits per heavy atom. The van der Waals surface area contributed by atoms with Crippen LogP contribution in [-0.4, -0.2) is 11.1 Å². The Hall–Kier alpha value is -7.94. The van der Waals surface area contributed by atoms with Crippen LogP contribution in [0.1, 0.15) is 103 Å². The molecular weight excluding hydrogens is 941 g/mol. The van der Waals surface area contributed by atoms with Crippen LogP contribution < -0.4 is 9.80 Å². The third-order valence-corrected chi connectivity index (χ3v) is 20.8. The molecular formula is C76H68N2. The Morgan fingerprint density at radius 1 is 0.333 bits per heavy atom. The zero-order valence-electron chi connectivity index (χ0n) is 46.1. The van der Waals surface area contributed by atoms with E-state index >= 15 is 0 Å². The van der Waals surface area contributed by atoms with Crippen molar-refractivity contribution in [3.63, 3.8) is 0 Å². The van der Waals surface area contributed by atoms with Crippen molar-refractivity contribution in [2.24, 2.45) is 10.8 Å². The summed E-state index contributed by atoms with van der Waals surface area (Å²) < 4.78 is 0. The molecule has 2 nitrogen and oxygen atoms in total. The van der Waals surface area contributed by atoms with Gasteiger partial charge in [-0.3, -0.25) is 0 Å². The summed E-state index contributed by atoms with van der Waals surface area (Å²) >= 11 is 0. The first-order valence-corrected chi connectivity index (χ1v) is 28.9. The molecule has 11 aromatic rings. The van der Waals surface area contributed by atoms with Crippen LogP contribution >= 0.6 is 0 Å². The van der Waals surface area contributed by atoms with Crippen molar-refractivity contribution in [3.8, 4) is 44.5 Å². The zero-order chi connectivity index (χ0) is 52.7. The summed E-state index contributed by atoms with van der Waals surface area (Å²) in [5.41, 5.74) is 18.6. The molecule has 4 atom stereocenters. The number of hydrogen-bond donors (Lipinski definition) is 0. The Balaban J connectivity index is 0.979. The molecule has 2 heteroatoms. The van der Waals surface area contributed by atoms with Crippen molar-refractivity contribution in [2.75, 3.05) is 9.80 Å². The van der Waals surface area contributed by atoms with Crippen LogP contribution in [0.5, 0.6) is 0 Å². The quantitative estimate of drug-likeness (QED) is 0.153. The molecule has 0 bridgehead atoms. The fourth-order valence-electron chi connectivity index (χ4n) is 16.3. The summed E-state index contributed by atoms with van der Waals surface area (Å²) in [7, 11) is 0. The maximum absolute atomic E-state index is 2.71. The Bertz CT molecular complexity index is 3940. The highest BCUT2D eigenvalue weighted by Crippen LogP contribution is 2.65. The lowest BCUT2D eigenvalue weighted by Crippen LogP contribution is -2.56. The van der Waals surface area contributed by atoms with E-state index in [0.717, 1.165) is 0 Å². The van der Waals surface area contributed by atoms with E-state index in [0.29, 0.717) is 11.8 Å². The number of anilines is 4. The van der Waals surface area contributed by atoms with Crippen LogP contribution in [0.25, 0.3) is 87.6 Å². The summed E-state index contributed by atoms with van der Waals surface area (Å²) in [5, 5.41) is 10.1. The van der Waals surface area contributed by atoms with E-state index in [9.17, 15) is 0 Å². The summed E-state index contributed by atoms with van der Waals surface area (Å²) in [6.07, 6.45) is 7.32. The van der Waals surface area contributed by atoms with Crippen LogP contribution in [0, 0.1) is 10.8 Å². The average molecular weight is 1010 g/mol. The Morgan fingerprint density at radius 3 is 1.14 bits per heavy atom. The zero-order valence-corrected chi connectivity index (χ0v) is 46.1. The lowest BCUT2D eigenvalue weighted by atomic mass is 9.58. The monoisotopic (exact) mass is 1010 g/mol. The Kier molecular flexibility index (Phi) is 10.5. The second-order valence-electron chi connectivity index (χ2n) is 25.2. The minimum absolute atomic E-state index is 0.0563. The van der Waals surface area contributed by atoms with Gasteiger partial charge in [-0.25, -0.2) is 0 Å². The molecule has 0 spiro atoms. The van der Waals surface area contributed by atoms with Crippen molar-refractivity contribution >= 4 is 65.8 Å². The summed E-state index contributed by atoms with van der Waals surface area (Å²) in [5.74, 6) is 0.846. The van der Waals surface area contributed by atoms with Crippen LogP contribution in [0.3, 0.4) is 0 Å². The van der Waals surface area contributed by atoms with Gasteiger partial charge in [0.25, 0.3) is 0 Å². The molecule has 0 aromatic heterocycles. The normalized spacial score (nSPS) is 21.9. The SMILES string of the molecule is CC1(C)CCCC2c3cc(-c4ccc5c(-c6cccc7ccccc67)c6cc(-c7ccc8c(c7)C7CCCC(C)(C)C7(C)N8c7ccccc7)ccc6c(-c6cccc7ccccc67)c5c4)ccc3N(c3ccccc3)C21C. The number of hydrogen-bond acceptors (Lipinski definition) is 2. The topological polar surface area (TPSA) is 6.48 Å². The highest BCUT2D eigenvalue weighted by molar-refractivity contribution is 6.26. The van der Waals surface area contributed by atoms with Crippen molar-refractivity contribution in [1.82, 2.24) is 0 Å². The molecule has 0 radical (unpaired) electrons. The second-order valence-corrected chi connectivity index (χ2v) is 25.2. The van der Waals surface area contributed by atoms with Crippen LogP contribution in [0.2, 0.25) is 0 Å². The summed E-state index contributed by atoms with van der Waals surface area (Å²) in [6.45, 7) is 15.2. The van der Waals surface area contributed by atoms with Gasteiger partial charge in [-0.05, 0) is 210 Å². The minimum atomic E-state index is -0.0563. The van der Waals surface area contributed by atoms with Gasteiger partial charge in [-0.2, -0.15) is 0 Å². The number of benzene rings is 11. The van der Waals surface area contributed by atoms with Gasteiger partial charge in [-0.15, -0.1) is 0 Å². The van der Waals surface area contributed by atoms with E-state index < -0.39 is 0 Å². The highest BCUT2D eigenvalue weighted by atomic mass is 15.3. The molecule has 382 valence electrons. The molecule has 11 aromatic carbocycles. The molecule has 2 heterocycles. The van der Waals surface area contributed by atoms with Crippen molar-refractivity contribution in [2.45, 2.75) is 103 Å². The maximum Gasteiger partial charge on any atom is 0.0543 e. The van der Waals surface area contributed by atoms with Crippen molar-refractivity contribution in [3.05, 3.63) is 230 Å². The van der Waals surface area contributed by atoms with Gasteiger partial charge in [-0.1, -0.05) is 198 Å². The van der Waals surface area contributed by atoms with Crippen molar-refractivity contribution < 1.29 is 0 Å². The second kappa shape index (κ2) is 17.3. The summed E-state index contributed by atoms with van der Waals surface area (Å²) in [6, 6.07) is 83.9. The third kappa shape index (κ3) is 6.68. The first-order valence-electron chi connectivity index (χ1n) is 28.9. The highest BCUT2D eigenvalue weighted by Gasteiger charge is 2.60. The van der Waals surface area contributed by atoms with E-state index in [1.165, 1.54) is 160 Å². The van der Waals surface area contributed by atoms with E-state index in [1.807, 2.05) is 0 Å². The maximum atomic E-state index is 2.71. The van der Waals surface area contributed by atoms with Gasteiger partial charge in [0.05, 0.1) is 11.1 Å². The van der Waals surface area contributed by atoms with Gasteiger partial charge in [0.1, 0.15) is 0 Å². The summed E-state index contributed by atoms with van der Waals surface area (Å²) in [4.78, 5) is 5.42. The van der Waals surface area contributed by atoms with Gasteiger partial charge < -0.3 is 9.80 Å². The van der Waals surface area contributed by atoms with Gasteiger partial charge in [0, 0.05) is 34.6 Å². The lowest BCUT2D eigenvalue weighted by molar-refractivity contribution is 0.101. The molecule has 2 saturated carbocycles. The predicted octanol–water partition coefficient (Wildman–Crippen LogP) is 21.4. The molecule has 0 saturated heterocycles. The van der Waals surface area contributed by atoms with Crippen LogP contribution in [-0.2, 0) is 0 Å². The molecule has 4 unspecified atom stereocenters. The molecule has 78 heavy (non-hydrogen) atoms. The molecule has 4 aliphatic rings. The standard InChI is InChI=1S/C76H68N2/c1-73(2)43-19-33-67-65-47-53(37-41-69(65)77(75(67,73)5)55-25-9-7-10-26-55)51-35-39-61-63(45-51)71(59-31-17-23-49-21-13-15-29-57(49)59)62-40-36-52(46-64(62)72(61)60-32-18-24-50-22-14-16-30-58(50)60)54-38-42-70-66(48-54)68-34-20-44-74(3,4)76(68,6)78(70)56-27-11-8-12-28-56/h7-18,21-32,35-42,45-48,67-68H,19-20,33-34,43-44H2,1-6H3. The lowest BCUT2D eigenvalue weighted by Gasteiger charge is -2.55. The van der Waals surface area contributed by atoms with E-state index in [-0.39, 0.29) is 21.9 Å². The van der Waals surface area contributed by atoms with E-state index in [2.05, 4.69) is 270 Å². The van der Waals surface area contributed by atoms with Crippen LogP contribution in [0.15, 0.2) is 218 Å². The van der Waals surface area contributed by atoms with Crippen LogP contribution in [0.4, 0.5) is 22.7 Å². The average Bonchev–Trinajstić information content (AvgIpc) is 4.01. The third-order valence-electron chi connectivity index (χ3n) is 20.8.